The Balaban J connectivity index is 4.69. The molecule has 0 amide bonds. The van der Waals surface area contributed by atoms with Gasteiger partial charge >= 0.3 is 7.60 Å². The Kier molecular flexibility index (Phi) is 4.39. The third-order valence-corrected chi connectivity index (χ3v) is 2.31. The molecule has 0 unspecified atom stereocenters. The van der Waals surface area contributed by atoms with Crippen molar-refractivity contribution in [2.24, 2.45) is 0 Å². The highest BCUT2D eigenvalue weighted by Gasteiger charge is 2.17. The molecule has 0 aliphatic carbocycles. The lowest BCUT2D eigenvalue weighted by Gasteiger charge is -2.01. The average molecular weight is 176 g/mol. The van der Waals surface area contributed by atoms with Crippen molar-refractivity contribution in [3.63, 3.8) is 0 Å². The Morgan fingerprint density at radius 2 is 2.09 bits per heavy atom. The molecule has 0 fully saturated rings. The van der Waals surface area contributed by atoms with Crippen molar-refractivity contribution in [2.75, 3.05) is 0 Å². The predicted molar refractivity (Wildman–Crippen MR) is 44.2 cm³/mol. The van der Waals surface area contributed by atoms with Gasteiger partial charge in [0.2, 0.25) is 0 Å². The van der Waals surface area contributed by atoms with Gasteiger partial charge in [0.25, 0.3) is 0 Å². The zero-order valence-corrected chi connectivity index (χ0v) is 7.64. The van der Waals surface area contributed by atoms with Gasteiger partial charge in [-0.15, -0.1) is 5.73 Å². The zero-order valence-electron chi connectivity index (χ0n) is 6.74. The van der Waals surface area contributed by atoms with Crippen LogP contribution < -0.4 is 0 Å². The fourth-order valence-corrected chi connectivity index (χ4v) is 1.28. The first-order chi connectivity index (χ1) is 5.02. The molecule has 0 radical (unpaired) electrons. The Hall–Kier alpha value is -0.330. The number of allylic oxidation sites excluding steroid dienone is 1. The zero-order chi connectivity index (χ0) is 8.91. The van der Waals surface area contributed by atoms with E-state index >= 15 is 0 Å². The minimum Gasteiger partial charge on any atom is -0.321 e. The van der Waals surface area contributed by atoms with E-state index in [2.05, 4.69) is 5.73 Å². The number of hydrogen-bond acceptors (Lipinski definition) is 1. The molecule has 11 heavy (non-hydrogen) atoms. The second-order valence-electron chi connectivity index (χ2n) is 2.10. The SMILES string of the molecule is CCC=C=C(CC)P(=O)(O)O. The van der Waals surface area contributed by atoms with E-state index in [1.54, 1.807) is 13.0 Å². The Labute approximate surface area is 66.6 Å². The van der Waals surface area contributed by atoms with E-state index in [-0.39, 0.29) is 5.31 Å². The van der Waals surface area contributed by atoms with Crippen LogP contribution in [-0.2, 0) is 4.57 Å². The van der Waals surface area contributed by atoms with Crippen LogP contribution in [0.3, 0.4) is 0 Å². The monoisotopic (exact) mass is 176 g/mol. The summed E-state index contributed by atoms with van der Waals surface area (Å²) in [7, 11) is -4.03. The quantitative estimate of drug-likeness (QED) is 0.511. The lowest BCUT2D eigenvalue weighted by Crippen LogP contribution is -1.81. The number of rotatable bonds is 3. The summed E-state index contributed by atoms with van der Waals surface area (Å²) in [4.78, 5) is 17.4. The lowest BCUT2D eigenvalue weighted by molar-refractivity contribution is 0.381. The predicted octanol–water partition coefficient (Wildman–Crippen LogP) is 2.02. The Morgan fingerprint density at radius 1 is 1.55 bits per heavy atom. The second-order valence-corrected chi connectivity index (χ2v) is 3.73. The molecule has 4 heteroatoms. The Bertz CT molecular complexity index is 220. The van der Waals surface area contributed by atoms with E-state index in [1.807, 2.05) is 6.92 Å². The molecule has 0 saturated carbocycles. The average Bonchev–Trinajstić information content (AvgIpc) is 1.87. The maximum atomic E-state index is 10.6. The van der Waals surface area contributed by atoms with Gasteiger partial charge in [-0.1, -0.05) is 13.8 Å². The molecule has 0 aromatic rings. The molecule has 64 valence electrons. The van der Waals surface area contributed by atoms with Crippen molar-refractivity contribution >= 4 is 7.60 Å². The largest absolute Gasteiger partial charge is 0.359 e. The smallest absolute Gasteiger partial charge is 0.321 e. The topological polar surface area (TPSA) is 57.5 Å². The first-order valence-corrected chi connectivity index (χ1v) is 5.13. The fraction of sp³-hybridized carbons (Fsp3) is 0.571. The van der Waals surface area contributed by atoms with Crippen LogP contribution in [0.5, 0.6) is 0 Å². The van der Waals surface area contributed by atoms with Crippen molar-refractivity contribution in [1.29, 1.82) is 0 Å². The van der Waals surface area contributed by atoms with Crippen molar-refractivity contribution in [3.05, 3.63) is 17.1 Å². The van der Waals surface area contributed by atoms with Gasteiger partial charge in [-0.05, 0) is 18.9 Å². The van der Waals surface area contributed by atoms with Crippen molar-refractivity contribution in [1.82, 2.24) is 0 Å². The molecule has 0 saturated heterocycles. The summed E-state index contributed by atoms with van der Waals surface area (Å²) in [5.74, 6) is 0. The third-order valence-electron chi connectivity index (χ3n) is 1.16. The summed E-state index contributed by atoms with van der Waals surface area (Å²) in [6.07, 6.45) is 2.71. The third kappa shape index (κ3) is 4.18. The van der Waals surface area contributed by atoms with Gasteiger partial charge in [0, 0.05) is 0 Å². The molecule has 0 heterocycles. The van der Waals surface area contributed by atoms with Crippen molar-refractivity contribution in [2.45, 2.75) is 26.7 Å². The van der Waals surface area contributed by atoms with E-state index in [1.165, 1.54) is 0 Å². The first kappa shape index (κ1) is 10.7. The lowest BCUT2D eigenvalue weighted by atomic mass is 10.4. The normalized spacial score (nSPS) is 10.5. The van der Waals surface area contributed by atoms with Gasteiger partial charge < -0.3 is 9.79 Å². The van der Waals surface area contributed by atoms with Gasteiger partial charge in [-0.3, -0.25) is 4.57 Å². The molecule has 3 nitrogen and oxygen atoms in total. The van der Waals surface area contributed by atoms with E-state index in [0.717, 1.165) is 6.42 Å². The molecular formula is C7H13O3P. The summed E-state index contributed by atoms with van der Waals surface area (Å²) < 4.78 is 10.6. The maximum Gasteiger partial charge on any atom is 0.359 e. The molecule has 0 aromatic heterocycles. The maximum absolute atomic E-state index is 10.6. The van der Waals surface area contributed by atoms with Crippen LogP contribution in [0.1, 0.15) is 26.7 Å². The first-order valence-electron chi connectivity index (χ1n) is 3.52. The molecule has 0 atom stereocenters. The van der Waals surface area contributed by atoms with Crippen LogP contribution >= 0.6 is 7.60 Å². The highest BCUT2D eigenvalue weighted by atomic mass is 31.2. The van der Waals surface area contributed by atoms with Gasteiger partial charge in [0.05, 0.1) is 5.31 Å². The summed E-state index contributed by atoms with van der Waals surface area (Å²) in [6, 6.07) is 0. The molecule has 0 aliphatic heterocycles. The number of hydrogen-bond donors (Lipinski definition) is 2. The van der Waals surface area contributed by atoms with E-state index in [0.29, 0.717) is 6.42 Å². The van der Waals surface area contributed by atoms with Crippen LogP contribution in [0, 0.1) is 0 Å². The summed E-state index contributed by atoms with van der Waals surface area (Å²) in [6.45, 7) is 3.59. The van der Waals surface area contributed by atoms with Crippen LogP contribution in [0.25, 0.3) is 0 Å². The fourth-order valence-electron chi connectivity index (χ4n) is 0.612. The summed E-state index contributed by atoms with van der Waals surface area (Å²) >= 11 is 0. The highest BCUT2D eigenvalue weighted by molar-refractivity contribution is 7.56. The van der Waals surface area contributed by atoms with Crippen LogP contribution in [0.2, 0.25) is 0 Å². The molecular weight excluding hydrogens is 163 g/mol. The van der Waals surface area contributed by atoms with Gasteiger partial charge in [0.1, 0.15) is 0 Å². The Morgan fingerprint density at radius 3 is 2.36 bits per heavy atom. The molecule has 0 aliphatic rings. The van der Waals surface area contributed by atoms with E-state index in [4.69, 9.17) is 9.79 Å². The van der Waals surface area contributed by atoms with E-state index in [9.17, 15) is 4.57 Å². The highest BCUT2D eigenvalue weighted by Crippen LogP contribution is 2.45. The summed E-state index contributed by atoms with van der Waals surface area (Å²) in [5.41, 5.74) is 2.59. The van der Waals surface area contributed by atoms with Gasteiger partial charge in [-0.25, -0.2) is 0 Å². The molecule has 0 rings (SSSR count). The molecule has 2 N–H and O–H groups in total. The molecule has 0 bridgehead atoms. The minimum atomic E-state index is -4.03. The molecule has 0 spiro atoms. The van der Waals surface area contributed by atoms with E-state index < -0.39 is 7.60 Å². The second kappa shape index (κ2) is 4.53. The minimum absolute atomic E-state index is 0.0827. The van der Waals surface area contributed by atoms with Crippen LogP contribution in [0.4, 0.5) is 0 Å². The van der Waals surface area contributed by atoms with Crippen molar-refractivity contribution in [3.8, 4) is 0 Å². The summed E-state index contributed by atoms with van der Waals surface area (Å²) in [5, 5.41) is 0.0827. The van der Waals surface area contributed by atoms with Crippen molar-refractivity contribution < 1.29 is 14.4 Å². The van der Waals surface area contributed by atoms with Gasteiger partial charge in [0.15, 0.2) is 0 Å². The standard InChI is InChI=1S/C7H13O3P/c1-3-5-6-7(4-2)11(8,9)10/h5H,3-4H2,1-2H3,(H2,8,9,10). The van der Waals surface area contributed by atoms with Crippen LogP contribution in [-0.4, -0.2) is 9.79 Å². The van der Waals surface area contributed by atoms with Gasteiger partial charge in [-0.2, -0.15) is 0 Å². The van der Waals surface area contributed by atoms with Crippen LogP contribution in [0.15, 0.2) is 17.1 Å². The molecule has 0 aromatic carbocycles.